The number of thiocarbonyl (C=S) groups is 1. The molecule has 0 aliphatic carbocycles. The zero-order valence-corrected chi connectivity index (χ0v) is 12.5. The van der Waals surface area contributed by atoms with Crippen molar-refractivity contribution in [2.24, 2.45) is 5.73 Å². The summed E-state index contributed by atoms with van der Waals surface area (Å²) in [5.74, 6) is -0.918. The van der Waals surface area contributed by atoms with Crippen molar-refractivity contribution < 1.29 is 17.9 Å². The highest BCUT2D eigenvalue weighted by Gasteiger charge is 2.34. The van der Waals surface area contributed by atoms with E-state index in [0.717, 1.165) is 0 Å². The Labute approximate surface area is 113 Å². The van der Waals surface area contributed by atoms with Crippen molar-refractivity contribution >= 4 is 33.2 Å². The lowest BCUT2D eigenvalue weighted by molar-refractivity contribution is -0.140. The van der Waals surface area contributed by atoms with Gasteiger partial charge in [-0.05, 0) is 12.8 Å². The fraction of sp³-hybridized carbons (Fsp3) is 0.800. The molecule has 0 spiro atoms. The summed E-state index contributed by atoms with van der Waals surface area (Å²) in [5.41, 5.74) is 4.67. The van der Waals surface area contributed by atoms with Crippen LogP contribution < -0.4 is 10.5 Å². The molecule has 0 aromatic rings. The second kappa shape index (κ2) is 7.01. The minimum atomic E-state index is -3.63. The van der Waals surface area contributed by atoms with Crippen molar-refractivity contribution in [3.8, 4) is 0 Å². The molecule has 0 bridgehead atoms. The van der Waals surface area contributed by atoms with E-state index in [2.05, 4.69) is 9.46 Å². The number of carbonyl (C=O) groups excluding carboxylic acids is 1. The number of rotatable bonds is 8. The molecule has 0 aromatic carbocycles. The highest BCUT2D eigenvalue weighted by Crippen LogP contribution is 2.17. The van der Waals surface area contributed by atoms with E-state index >= 15 is 0 Å². The predicted molar refractivity (Wildman–Crippen MR) is 73.7 cm³/mol. The smallest absolute Gasteiger partial charge is 0.306 e. The lowest BCUT2D eigenvalue weighted by Crippen LogP contribution is -2.56. The molecule has 0 aromatic heterocycles. The van der Waals surface area contributed by atoms with E-state index in [1.807, 2.05) is 0 Å². The molecule has 0 rings (SSSR count). The molecule has 106 valence electrons. The van der Waals surface area contributed by atoms with Crippen molar-refractivity contribution in [2.45, 2.75) is 38.6 Å². The molecule has 0 atom stereocenters. The molecule has 8 heteroatoms. The summed E-state index contributed by atoms with van der Waals surface area (Å²) in [6.07, 6.45) is 0.708. The lowest BCUT2D eigenvalue weighted by atomic mass is 9.94. The van der Waals surface area contributed by atoms with Crippen molar-refractivity contribution in [2.75, 3.05) is 12.9 Å². The monoisotopic (exact) mass is 296 g/mol. The number of nitrogens with one attached hydrogen (secondary N) is 1. The molecule has 0 unspecified atom stereocenters. The number of hydrogen-bond acceptors (Lipinski definition) is 5. The molecule has 3 N–H and O–H groups in total. The third kappa shape index (κ3) is 4.87. The van der Waals surface area contributed by atoms with Crippen LogP contribution in [0, 0.1) is 0 Å². The summed E-state index contributed by atoms with van der Waals surface area (Å²) in [5, 5.41) is 0. The van der Waals surface area contributed by atoms with Crippen LogP contribution in [-0.4, -0.2) is 37.8 Å². The second-order valence-corrected chi connectivity index (χ2v) is 6.18. The first-order chi connectivity index (χ1) is 8.23. The Hall–Kier alpha value is -0.730. The molecular formula is C10H20N2O4S2. The average Bonchev–Trinajstić information content (AvgIpc) is 2.32. The SMILES string of the molecule is CCC(CC)(NS(=O)(=O)CCC(=O)OC)C(N)=S. The number of ether oxygens (including phenoxy) is 1. The van der Waals surface area contributed by atoms with Crippen LogP contribution in [0.3, 0.4) is 0 Å². The first kappa shape index (κ1) is 17.3. The summed E-state index contributed by atoms with van der Waals surface area (Å²) in [7, 11) is -2.42. The van der Waals surface area contributed by atoms with Gasteiger partial charge in [-0.25, -0.2) is 13.1 Å². The minimum Gasteiger partial charge on any atom is -0.469 e. The zero-order chi connectivity index (χ0) is 14.4. The first-order valence-electron chi connectivity index (χ1n) is 5.61. The Bertz CT molecular complexity index is 402. The van der Waals surface area contributed by atoms with E-state index in [9.17, 15) is 13.2 Å². The van der Waals surface area contributed by atoms with Gasteiger partial charge in [0.05, 0.1) is 29.8 Å². The molecule has 0 saturated heterocycles. The fourth-order valence-electron chi connectivity index (χ4n) is 1.46. The molecule has 0 aliphatic heterocycles. The summed E-state index contributed by atoms with van der Waals surface area (Å²) in [4.78, 5) is 11.0. The highest BCUT2D eigenvalue weighted by molar-refractivity contribution is 7.89. The molecule has 6 nitrogen and oxygen atoms in total. The lowest BCUT2D eigenvalue weighted by Gasteiger charge is -2.31. The van der Waals surface area contributed by atoms with E-state index in [0.29, 0.717) is 12.8 Å². The van der Waals surface area contributed by atoms with Crippen molar-refractivity contribution in [3.63, 3.8) is 0 Å². The number of sulfonamides is 1. The Kier molecular flexibility index (Phi) is 6.72. The van der Waals surface area contributed by atoms with Gasteiger partial charge in [-0.15, -0.1) is 0 Å². The number of nitrogens with two attached hydrogens (primary N) is 1. The number of methoxy groups -OCH3 is 1. The van der Waals surface area contributed by atoms with E-state index in [1.54, 1.807) is 13.8 Å². The number of hydrogen-bond donors (Lipinski definition) is 2. The summed E-state index contributed by atoms with van der Waals surface area (Å²) in [6, 6.07) is 0. The largest absolute Gasteiger partial charge is 0.469 e. The van der Waals surface area contributed by atoms with E-state index in [-0.39, 0.29) is 17.2 Å². The predicted octanol–water partition coefficient (Wildman–Crippen LogP) is 0.314. The maximum atomic E-state index is 11.9. The fourth-order valence-corrected chi connectivity index (χ4v) is 3.40. The van der Waals surface area contributed by atoms with Crippen LogP contribution in [0.15, 0.2) is 0 Å². The molecule has 0 fully saturated rings. The Morgan fingerprint density at radius 3 is 2.22 bits per heavy atom. The van der Waals surface area contributed by atoms with E-state index < -0.39 is 21.5 Å². The van der Waals surface area contributed by atoms with Crippen LogP contribution in [0.4, 0.5) is 0 Å². The van der Waals surface area contributed by atoms with Crippen LogP contribution in [0.25, 0.3) is 0 Å². The molecule has 18 heavy (non-hydrogen) atoms. The molecule has 0 aliphatic rings. The number of carbonyl (C=O) groups is 1. The van der Waals surface area contributed by atoms with Crippen LogP contribution >= 0.6 is 12.2 Å². The minimum absolute atomic E-state index is 0.106. The van der Waals surface area contributed by atoms with Crippen LogP contribution in [0.2, 0.25) is 0 Å². The Balaban J connectivity index is 4.83. The number of esters is 1. The van der Waals surface area contributed by atoms with Crippen LogP contribution in [0.1, 0.15) is 33.1 Å². The van der Waals surface area contributed by atoms with Crippen molar-refractivity contribution in [3.05, 3.63) is 0 Å². The highest BCUT2D eigenvalue weighted by atomic mass is 32.2. The topological polar surface area (TPSA) is 98.5 Å². The summed E-state index contributed by atoms with van der Waals surface area (Å²) >= 11 is 4.91. The van der Waals surface area contributed by atoms with Crippen molar-refractivity contribution in [1.82, 2.24) is 4.72 Å². The second-order valence-electron chi connectivity index (χ2n) is 3.90. The van der Waals surface area contributed by atoms with Crippen LogP contribution in [0.5, 0.6) is 0 Å². The molecule has 0 saturated carbocycles. The first-order valence-corrected chi connectivity index (χ1v) is 7.67. The molecule has 0 radical (unpaired) electrons. The van der Waals surface area contributed by atoms with Gasteiger partial charge in [0.25, 0.3) is 0 Å². The van der Waals surface area contributed by atoms with Gasteiger partial charge in [0, 0.05) is 0 Å². The standard InChI is InChI=1S/C10H20N2O4S2/c1-4-10(5-2,9(11)17)12-18(14,15)7-6-8(13)16-3/h12H,4-7H2,1-3H3,(H2,11,17). The van der Waals surface area contributed by atoms with Gasteiger partial charge < -0.3 is 10.5 Å². The zero-order valence-electron chi connectivity index (χ0n) is 10.9. The third-order valence-electron chi connectivity index (χ3n) is 2.83. The Morgan fingerprint density at radius 2 is 1.89 bits per heavy atom. The van der Waals surface area contributed by atoms with E-state index in [1.165, 1.54) is 7.11 Å². The average molecular weight is 296 g/mol. The van der Waals surface area contributed by atoms with Gasteiger partial charge in [0.15, 0.2) is 0 Å². The van der Waals surface area contributed by atoms with Gasteiger partial charge in [0.1, 0.15) is 0 Å². The van der Waals surface area contributed by atoms with Gasteiger partial charge >= 0.3 is 5.97 Å². The Morgan fingerprint density at radius 1 is 1.39 bits per heavy atom. The maximum absolute atomic E-state index is 11.9. The van der Waals surface area contributed by atoms with Crippen molar-refractivity contribution in [1.29, 1.82) is 0 Å². The summed E-state index contributed by atoms with van der Waals surface area (Å²) < 4.78 is 30.6. The van der Waals surface area contributed by atoms with Gasteiger partial charge in [-0.3, -0.25) is 4.79 Å². The van der Waals surface area contributed by atoms with E-state index in [4.69, 9.17) is 18.0 Å². The van der Waals surface area contributed by atoms with Gasteiger partial charge in [0.2, 0.25) is 10.0 Å². The van der Waals surface area contributed by atoms with Crippen LogP contribution in [-0.2, 0) is 19.6 Å². The summed E-state index contributed by atoms with van der Waals surface area (Å²) in [6.45, 7) is 3.59. The van der Waals surface area contributed by atoms with Gasteiger partial charge in [-0.1, -0.05) is 26.1 Å². The molecular weight excluding hydrogens is 276 g/mol. The molecule has 0 amide bonds. The quantitative estimate of drug-likeness (QED) is 0.494. The third-order valence-corrected chi connectivity index (χ3v) is 4.67. The normalized spacial score (nSPS) is 12.2. The van der Waals surface area contributed by atoms with Gasteiger partial charge in [-0.2, -0.15) is 0 Å². The molecule has 0 heterocycles. The maximum Gasteiger partial charge on any atom is 0.306 e.